The maximum absolute atomic E-state index is 12.8. The molecule has 3 rings (SSSR count). The Morgan fingerprint density at radius 3 is 2.31 bits per heavy atom. The van der Waals surface area contributed by atoms with E-state index in [2.05, 4.69) is 10.6 Å². The molecule has 1 aromatic heterocycles. The van der Waals surface area contributed by atoms with Gasteiger partial charge in [-0.05, 0) is 49.9 Å². The van der Waals surface area contributed by atoms with Crippen LogP contribution in [0.4, 0.5) is 0 Å². The molecule has 174 valence electrons. The summed E-state index contributed by atoms with van der Waals surface area (Å²) >= 11 is 1.18. The van der Waals surface area contributed by atoms with Crippen molar-refractivity contribution in [3.63, 3.8) is 0 Å². The van der Waals surface area contributed by atoms with Crippen LogP contribution in [0.2, 0.25) is 0 Å². The van der Waals surface area contributed by atoms with Crippen molar-refractivity contribution >= 4 is 33.2 Å². The van der Waals surface area contributed by atoms with Crippen LogP contribution in [-0.4, -0.2) is 43.7 Å². The van der Waals surface area contributed by atoms with E-state index in [1.807, 2.05) is 32.9 Å². The summed E-state index contributed by atoms with van der Waals surface area (Å²) in [6.45, 7) is 7.01. The van der Waals surface area contributed by atoms with Crippen molar-refractivity contribution in [3.8, 4) is 0 Å². The van der Waals surface area contributed by atoms with Crippen LogP contribution in [0.25, 0.3) is 0 Å². The minimum atomic E-state index is -3.48. The highest BCUT2D eigenvalue weighted by Crippen LogP contribution is 2.27. The summed E-state index contributed by atoms with van der Waals surface area (Å²) in [6, 6.07) is 9.82. The number of thiophene rings is 1. The fourth-order valence-corrected chi connectivity index (χ4v) is 6.54. The van der Waals surface area contributed by atoms with Crippen molar-refractivity contribution in [1.82, 2.24) is 14.9 Å². The zero-order valence-electron chi connectivity index (χ0n) is 18.8. The van der Waals surface area contributed by atoms with Gasteiger partial charge in [-0.15, -0.1) is 11.3 Å². The average Bonchev–Trinajstić information content (AvgIpc) is 3.26. The van der Waals surface area contributed by atoms with Crippen LogP contribution in [0.1, 0.15) is 53.9 Å². The molecule has 1 aromatic carbocycles. The SMILES string of the molecule is Cc1ccc(C(=O)N[C@H](C(=O)NCc2ccc(S(=O)(=O)N3CCCCC3)s2)C(C)C)cc1. The Labute approximate surface area is 194 Å². The fourth-order valence-electron chi connectivity index (χ4n) is 3.57. The summed E-state index contributed by atoms with van der Waals surface area (Å²) in [5, 5.41) is 5.65. The molecule has 1 fully saturated rings. The summed E-state index contributed by atoms with van der Waals surface area (Å²) in [5.74, 6) is -0.707. The van der Waals surface area contributed by atoms with Crippen molar-refractivity contribution in [2.75, 3.05) is 13.1 Å². The second-order valence-corrected chi connectivity index (χ2v) is 11.8. The number of sulfonamides is 1. The molecule has 0 saturated carbocycles. The van der Waals surface area contributed by atoms with Crippen molar-refractivity contribution < 1.29 is 18.0 Å². The maximum atomic E-state index is 12.8. The molecule has 1 aliphatic rings. The molecule has 2 N–H and O–H groups in total. The summed E-state index contributed by atoms with van der Waals surface area (Å²) < 4.78 is 27.5. The number of amides is 2. The Balaban J connectivity index is 1.60. The fraction of sp³-hybridized carbons (Fsp3) is 0.478. The molecule has 2 aromatic rings. The van der Waals surface area contributed by atoms with Gasteiger partial charge in [0.25, 0.3) is 15.9 Å². The van der Waals surface area contributed by atoms with Crippen molar-refractivity contribution in [3.05, 3.63) is 52.4 Å². The van der Waals surface area contributed by atoms with Gasteiger partial charge in [-0.25, -0.2) is 8.42 Å². The van der Waals surface area contributed by atoms with Gasteiger partial charge in [0.1, 0.15) is 10.3 Å². The van der Waals surface area contributed by atoms with Gasteiger partial charge in [0, 0.05) is 23.5 Å². The molecule has 2 heterocycles. The predicted molar refractivity (Wildman–Crippen MR) is 126 cm³/mol. The highest BCUT2D eigenvalue weighted by atomic mass is 32.2. The lowest BCUT2D eigenvalue weighted by molar-refractivity contribution is -0.124. The maximum Gasteiger partial charge on any atom is 0.252 e. The molecular weight excluding hydrogens is 446 g/mol. The lowest BCUT2D eigenvalue weighted by atomic mass is 10.0. The molecule has 2 amide bonds. The molecule has 0 radical (unpaired) electrons. The summed E-state index contributed by atoms with van der Waals surface area (Å²) in [5.41, 5.74) is 1.55. The second-order valence-electron chi connectivity index (χ2n) is 8.46. The van der Waals surface area contributed by atoms with E-state index in [1.54, 1.807) is 28.6 Å². The third-order valence-corrected chi connectivity index (χ3v) is 8.98. The average molecular weight is 478 g/mol. The highest BCUT2D eigenvalue weighted by molar-refractivity contribution is 7.91. The third-order valence-electron chi connectivity index (χ3n) is 5.53. The smallest absolute Gasteiger partial charge is 0.252 e. The van der Waals surface area contributed by atoms with Crippen LogP contribution >= 0.6 is 11.3 Å². The van der Waals surface area contributed by atoms with Gasteiger partial charge in [-0.1, -0.05) is 38.0 Å². The van der Waals surface area contributed by atoms with Gasteiger partial charge in [0.2, 0.25) is 5.91 Å². The Morgan fingerprint density at radius 1 is 1.03 bits per heavy atom. The zero-order valence-corrected chi connectivity index (χ0v) is 20.4. The van der Waals surface area contributed by atoms with Gasteiger partial charge >= 0.3 is 0 Å². The summed E-state index contributed by atoms with van der Waals surface area (Å²) in [7, 11) is -3.48. The van der Waals surface area contributed by atoms with E-state index in [0.29, 0.717) is 22.9 Å². The number of nitrogens with one attached hydrogen (secondary N) is 2. The quantitative estimate of drug-likeness (QED) is 0.610. The molecule has 9 heteroatoms. The number of carbonyl (C=O) groups excluding carboxylic acids is 2. The topological polar surface area (TPSA) is 95.6 Å². The van der Waals surface area contributed by atoms with E-state index in [1.165, 1.54) is 11.3 Å². The van der Waals surface area contributed by atoms with Gasteiger partial charge in [-0.3, -0.25) is 9.59 Å². The Kier molecular flexibility index (Phi) is 8.08. The van der Waals surface area contributed by atoms with Crippen LogP contribution in [0.3, 0.4) is 0 Å². The van der Waals surface area contributed by atoms with E-state index in [9.17, 15) is 18.0 Å². The van der Waals surface area contributed by atoms with E-state index in [0.717, 1.165) is 29.7 Å². The van der Waals surface area contributed by atoms with Gasteiger partial charge in [-0.2, -0.15) is 4.31 Å². The van der Waals surface area contributed by atoms with Crippen LogP contribution < -0.4 is 10.6 Å². The Hall–Kier alpha value is -2.23. The molecular formula is C23H31N3O4S2. The van der Waals surface area contributed by atoms with E-state index < -0.39 is 16.1 Å². The van der Waals surface area contributed by atoms with E-state index in [4.69, 9.17) is 0 Å². The number of hydrogen-bond donors (Lipinski definition) is 2. The highest BCUT2D eigenvalue weighted by Gasteiger charge is 2.28. The largest absolute Gasteiger partial charge is 0.349 e. The number of rotatable bonds is 8. The molecule has 0 spiro atoms. The van der Waals surface area contributed by atoms with Crippen molar-refractivity contribution in [2.24, 2.45) is 5.92 Å². The zero-order chi connectivity index (χ0) is 23.3. The Morgan fingerprint density at radius 2 is 1.69 bits per heavy atom. The first kappa shape index (κ1) is 24.4. The molecule has 1 aliphatic heterocycles. The molecule has 7 nitrogen and oxygen atoms in total. The minimum absolute atomic E-state index is 0.109. The minimum Gasteiger partial charge on any atom is -0.349 e. The second kappa shape index (κ2) is 10.6. The van der Waals surface area contributed by atoms with Crippen LogP contribution in [0.15, 0.2) is 40.6 Å². The molecule has 0 aliphatic carbocycles. The third kappa shape index (κ3) is 5.96. The van der Waals surface area contributed by atoms with Gasteiger partial charge in [0.15, 0.2) is 0 Å². The predicted octanol–water partition coefficient (Wildman–Crippen LogP) is 3.30. The normalized spacial score (nSPS) is 16.0. The van der Waals surface area contributed by atoms with Gasteiger partial charge < -0.3 is 10.6 Å². The van der Waals surface area contributed by atoms with Crippen LogP contribution in [0.5, 0.6) is 0 Å². The molecule has 32 heavy (non-hydrogen) atoms. The number of benzene rings is 1. The summed E-state index contributed by atoms with van der Waals surface area (Å²) in [6.07, 6.45) is 2.84. The number of piperidine rings is 1. The van der Waals surface area contributed by atoms with Crippen molar-refractivity contribution in [1.29, 1.82) is 0 Å². The van der Waals surface area contributed by atoms with Crippen LogP contribution in [-0.2, 0) is 21.4 Å². The number of nitrogens with zero attached hydrogens (tertiary/aromatic N) is 1. The van der Waals surface area contributed by atoms with E-state index in [-0.39, 0.29) is 24.3 Å². The number of carbonyl (C=O) groups is 2. The number of aryl methyl sites for hydroxylation is 1. The first-order chi connectivity index (χ1) is 15.2. The molecule has 0 unspecified atom stereocenters. The van der Waals surface area contributed by atoms with Crippen molar-refractivity contribution in [2.45, 2.75) is 56.8 Å². The Bertz CT molecular complexity index is 1040. The molecule has 1 atom stereocenters. The van der Waals surface area contributed by atoms with Gasteiger partial charge in [0.05, 0.1) is 6.54 Å². The summed E-state index contributed by atoms with van der Waals surface area (Å²) in [4.78, 5) is 26.1. The first-order valence-corrected chi connectivity index (χ1v) is 13.2. The standard InChI is InChI=1S/C23H31N3O4S2/c1-16(2)21(25-22(27)18-9-7-17(3)8-10-18)23(28)24-15-19-11-12-20(31-19)32(29,30)26-13-5-4-6-14-26/h7-12,16,21H,4-6,13-15H2,1-3H3,(H,24,28)(H,25,27)/t21-/m0/s1. The monoisotopic (exact) mass is 477 g/mol. The molecule has 0 bridgehead atoms. The first-order valence-electron chi connectivity index (χ1n) is 10.9. The van der Waals surface area contributed by atoms with E-state index >= 15 is 0 Å². The lowest BCUT2D eigenvalue weighted by Gasteiger charge is -2.25. The van der Waals surface area contributed by atoms with Crippen LogP contribution in [0, 0.1) is 12.8 Å². The lowest BCUT2D eigenvalue weighted by Crippen LogP contribution is -2.49. The number of hydrogen-bond acceptors (Lipinski definition) is 5. The molecule has 1 saturated heterocycles.